The van der Waals surface area contributed by atoms with Crippen molar-refractivity contribution in [2.45, 2.75) is 32.0 Å². The molecule has 3 aliphatic rings. The molecule has 5 nitrogen and oxygen atoms in total. The molecule has 1 saturated heterocycles. The van der Waals surface area contributed by atoms with Crippen LogP contribution in [-0.2, 0) is 18.4 Å². The molecule has 3 atom stereocenters. The fourth-order valence-electron chi connectivity index (χ4n) is 5.64. The third kappa shape index (κ3) is 5.41. The van der Waals surface area contributed by atoms with E-state index in [1.54, 1.807) is 0 Å². The molecule has 1 fully saturated rings. The highest BCUT2D eigenvalue weighted by atomic mass is 19.1. The van der Waals surface area contributed by atoms with E-state index < -0.39 is 0 Å². The number of benzene rings is 2. The van der Waals surface area contributed by atoms with Crippen molar-refractivity contribution in [1.82, 2.24) is 14.7 Å². The fraction of sp³-hybridized carbons (Fsp3) is 0.387. The molecule has 6 heteroatoms. The maximum Gasteiger partial charge on any atom is 0.165 e. The molecule has 37 heavy (non-hydrogen) atoms. The standard InChI is InChI=1S/C31H34FN3O2/c1-34-30-9-6-22(16-27(30)19-33-34)21-37-31-18-25(7-8-29(31)32)23-10-13-35(14-11-23)20-26-5-3-2-4-24(26)17-28-12-15-36-28/h2-10,16,18-19,24,26,28H,11-15,17,20-21H2,1H3. The molecule has 3 aromatic rings. The van der Waals surface area contributed by atoms with E-state index in [1.807, 2.05) is 48.3 Å². The van der Waals surface area contributed by atoms with Crippen molar-refractivity contribution in [2.75, 3.05) is 26.2 Å². The van der Waals surface area contributed by atoms with Gasteiger partial charge in [-0.3, -0.25) is 9.58 Å². The van der Waals surface area contributed by atoms with Crippen molar-refractivity contribution in [2.24, 2.45) is 18.9 Å². The quantitative estimate of drug-likeness (QED) is 0.386. The average molecular weight is 500 g/mol. The smallest absolute Gasteiger partial charge is 0.165 e. The number of ether oxygens (including phenoxy) is 2. The van der Waals surface area contributed by atoms with Gasteiger partial charge in [-0.25, -0.2) is 4.39 Å². The van der Waals surface area contributed by atoms with Gasteiger partial charge in [0.15, 0.2) is 11.6 Å². The van der Waals surface area contributed by atoms with Gasteiger partial charge in [-0.1, -0.05) is 42.5 Å². The van der Waals surface area contributed by atoms with Crippen molar-refractivity contribution in [1.29, 1.82) is 0 Å². The molecule has 3 heterocycles. The highest BCUT2D eigenvalue weighted by Gasteiger charge is 2.28. The second kappa shape index (κ2) is 10.6. The van der Waals surface area contributed by atoms with Gasteiger partial charge in [0.05, 0.1) is 17.8 Å². The highest BCUT2D eigenvalue weighted by Crippen LogP contribution is 2.32. The molecule has 0 radical (unpaired) electrons. The van der Waals surface area contributed by atoms with Crippen LogP contribution < -0.4 is 4.74 Å². The topological polar surface area (TPSA) is 39.5 Å². The van der Waals surface area contributed by atoms with E-state index in [0.29, 0.717) is 30.3 Å². The minimum absolute atomic E-state index is 0.298. The number of nitrogens with zero attached hydrogens (tertiary/aromatic N) is 3. The van der Waals surface area contributed by atoms with Gasteiger partial charge in [-0.2, -0.15) is 5.10 Å². The number of fused-ring (bicyclic) bond motifs is 1. The molecule has 0 amide bonds. The number of aromatic nitrogens is 2. The van der Waals surface area contributed by atoms with E-state index in [-0.39, 0.29) is 5.82 Å². The molecular weight excluding hydrogens is 465 g/mol. The summed E-state index contributed by atoms with van der Waals surface area (Å²) in [6.45, 7) is 4.20. The van der Waals surface area contributed by atoms with E-state index in [4.69, 9.17) is 9.47 Å². The molecule has 0 bridgehead atoms. The Hall–Kier alpha value is -3.22. The lowest BCUT2D eigenvalue weighted by atomic mass is 9.82. The van der Waals surface area contributed by atoms with Crippen LogP contribution in [0.1, 0.15) is 30.4 Å². The first-order valence-corrected chi connectivity index (χ1v) is 13.3. The van der Waals surface area contributed by atoms with Crippen molar-refractivity contribution < 1.29 is 13.9 Å². The van der Waals surface area contributed by atoms with Crippen LogP contribution in [0.2, 0.25) is 0 Å². The number of rotatable bonds is 8. The third-order valence-corrected chi connectivity index (χ3v) is 7.98. The summed E-state index contributed by atoms with van der Waals surface area (Å²) in [5.41, 5.74) is 4.36. The largest absolute Gasteiger partial charge is 0.486 e. The lowest BCUT2D eigenvalue weighted by molar-refractivity contribution is -0.0627. The van der Waals surface area contributed by atoms with Crippen LogP contribution in [0.3, 0.4) is 0 Å². The predicted octanol–water partition coefficient (Wildman–Crippen LogP) is 5.92. The molecule has 3 unspecified atom stereocenters. The van der Waals surface area contributed by atoms with Crippen molar-refractivity contribution in [3.63, 3.8) is 0 Å². The number of hydrogen-bond donors (Lipinski definition) is 0. The van der Waals surface area contributed by atoms with Crippen LogP contribution in [-0.4, -0.2) is 47.0 Å². The zero-order chi connectivity index (χ0) is 25.2. The molecule has 6 rings (SSSR count). The predicted molar refractivity (Wildman–Crippen MR) is 145 cm³/mol. The molecule has 0 saturated carbocycles. The maximum absolute atomic E-state index is 14.6. The van der Waals surface area contributed by atoms with Crippen molar-refractivity contribution in [3.05, 3.63) is 89.9 Å². The Labute approximate surface area is 217 Å². The summed E-state index contributed by atoms with van der Waals surface area (Å²) in [5.74, 6) is 1.05. The highest BCUT2D eigenvalue weighted by molar-refractivity contribution is 5.79. The monoisotopic (exact) mass is 499 g/mol. The lowest BCUT2D eigenvalue weighted by Gasteiger charge is -2.36. The summed E-state index contributed by atoms with van der Waals surface area (Å²) >= 11 is 0. The van der Waals surface area contributed by atoms with Crippen LogP contribution in [0.25, 0.3) is 16.5 Å². The first kappa shape index (κ1) is 24.1. The van der Waals surface area contributed by atoms with Gasteiger partial charge in [0.25, 0.3) is 0 Å². The number of aryl methyl sites for hydroxylation is 1. The normalized spacial score (nSPS) is 23.7. The van der Waals surface area contributed by atoms with Gasteiger partial charge in [0.1, 0.15) is 6.61 Å². The third-order valence-electron chi connectivity index (χ3n) is 7.98. The Bertz CT molecular complexity index is 1350. The maximum atomic E-state index is 14.6. The fourth-order valence-corrected chi connectivity index (χ4v) is 5.64. The summed E-state index contributed by atoms with van der Waals surface area (Å²) in [7, 11) is 1.92. The van der Waals surface area contributed by atoms with Gasteiger partial charge in [-0.15, -0.1) is 0 Å². The number of allylic oxidation sites excluding steroid dienone is 3. The van der Waals surface area contributed by atoms with Gasteiger partial charge in [0.2, 0.25) is 0 Å². The molecule has 0 N–H and O–H groups in total. The van der Waals surface area contributed by atoms with Crippen LogP contribution in [0, 0.1) is 17.7 Å². The summed E-state index contributed by atoms with van der Waals surface area (Å²) < 4.78 is 28.0. The van der Waals surface area contributed by atoms with E-state index in [1.165, 1.54) is 18.1 Å². The lowest BCUT2D eigenvalue weighted by Crippen LogP contribution is -2.37. The van der Waals surface area contributed by atoms with E-state index in [9.17, 15) is 4.39 Å². The number of hydrogen-bond acceptors (Lipinski definition) is 4. The summed E-state index contributed by atoms with van der Waals surface area (Å²) in [6, 6.07) is 11.3. The van der Waals surface area contributed by atoms with Crippen molar-refractivity contribution >= 4 is 16.5 Å². The van der Waals surface area contributed by atoms with Gasteiger partial charge in [0, 0.05) is 38.7 Å². The summed E-state index contributed by atoms with van der Waals surface area (Å²) in [5, 5.41) is 5.34. The minimum Gasteiger partial charge on any atom is -0.486 e. The first-order valence-electron chi connectivity index (χ1n) is 13.3. The SMILES string of the molecule is Cn1ncc2cc(COc3cc(C4=CCN(CC5C=CC=CC5CC5CCO5)CC4)ccc3F)ccc21. The van der Waals surface area contributed by atoms with Crippen LogP contribution in [0.5, 0.6) is 5.75 Å². The Balaban J connectivity index is 1.08. The molecule has 2 aromatic carbocycles. The molecular formula is C31H34FN3O2. The number of halogens is 1. The van der Waals surface area contributed by atoms with E-state index >= 15 is 0 Å². The van der Waals surface area contributed by atoms with E-state index in [2.05, 4.69) is 40.4 Å². The molecule has 1 aromatic heterocycles. The Morgan fingerprint density at radius 3 is 2.76 bits per heavy atom. The van der Waals surface area contributed by atoms with E-state index in [0.717, 1.165) is 61.1 Å². The zero-order valence-corrected chi connectivity index (χ0v) is 21.4. The zero-order valence-electron chi connectivity index (χ0n) is 21.4. The molecule has 192 valence electrons. The van der Waals surface area contributed by atoms with Crippen LogP contribution in [0.15, 0.2) is 73.0 Å². The summed E-state index contributed by atoms with van der Waals surface area (Å²) in [6.07, 6.45) is 16.9. The molecule has 1 aliphatic carbocycles. The van der Waals surface area contributed by atoms with Crippen LogP contribution in [0.4, 0.5) is 4.39 Å². The average Bonchev–Trinajstić information content (AvgIpc) is 3.27. The Morgan fingerprint density at radius 2 is 1.97 bits per heavy atom. The molecule has 2 aliphatic heterocycles. The van der Waals surface area contributed by atoms with Crippen molar-refractivity contribution in [3.8, 4) is 5.75 Å². The summed E-state index contributed by atoms with van der Waals surface area (Å²) in [4.78, 5) is 2.53. The first-order chi connectivity index (χ1) is 18.1. The second-order valence-electron chi connectivity index (χ2n) is 10.4. The van der Waals surface area contributed by atoms with Gasteiger partial charge < -0.3 is 9.47 Å². The van der Waals surface area contributed by atoms with Gasteiger partial charge >= 0.3 is 0 Å². The minimum atomic E-state index is -0.331. The second-order valence-corrected chi connectivity index (χ2v) is 10.4. The Kier molecular flexibility index (Phi) is 6.94. The van der Waals surface area contributed by atoms with Gasteiger partial charge in [-0.05, 0) is 72.1 Å². The Morgan fingerprint density at radius 1 is 1.11 bits per heavy atom. The van der Waals surface area contributed by atoms with Crippen LogP contribution >= 0.6 is 0 Å². The molecule has 0 spiro atoms.